The Hall–Kier alpha value is -2.25. The molecule has 7 heteroatoms. The van der Waals surface area contributed by atoms with E-state index in [1.165, 1.54) is 0 Å². The Morgan fingerprint density at radius 1 is 1.46 bits per heavy atom. The maximum absolute atomic E-state index is 12.3. The van der Waals surface area contributed by atoms with Gasteiger partial charge in [0.1, 0.15) is 11.9 Å². The fraction of sp³-hybridized carbons (Fsp3) is 0.471. The predicted molar refractivity (Wildman–Crippen MR) is 89.2 cm³/mol. The summed E-state index contributed by atoms with van der Waals surface area (Å²) in [5.41, 5.74) is 1.11. The van der Waals surface area contributed by atoms with Gasteiger partial charge in [0.2, 0.25) is 5.91 Å². The first kappa shape index (κ1) is 16.6. The third-order valence-corrected chi connectivity index (χ3v) is 4.16. The van der Waals surface area contributed by atoms with Crippen LogP contribution in [-0.4, -0.2) is 57.7 Å². The van der Waals surface area contributed by atoms with Crippen LogP contribution in [0, 0.1) is 0 Å². The molecule has 0 saturated carbocycles. The Kier molecular flexibility index (Phi) is 5.55. The van der Waals surface area contributed by atoms with Crippen molar-refractivity contribution in [2.75, 3.05) is 26.2 Å². The van der Waals surface area contributed by atoms with Gasteiger partial charge in [-0.2, -0.15) is 0 Å². The molecule has 0 aromatic carbocycles. The lowest BCUT2D eigenvalue weighted by molar-refractivity contribution is -0.138. The van der Waals surface area contributed by atoms with E-state index in [9.17, 15) is 4.79 Å². The number of nitrogens with zero attached hydrogens (tertiary/aromatic N) is 4. The zero-order valence-electron chi connectivity index (χ0n) is 13.9. The highest BCUT2D eigenvalue weighted by Crippen LogP contribution is 2.09. The number of morpholine rings is 1. The number of aromatic nitrogens is 3. The lowest BCUT2D eigenvalue weighted by atomic mass is 10.2. The number of nitrogens with one attached hydrogen (secondary N) is 1. The standard InChI is InChI=1S/C17H23N5O2/c1-21-8-7-19-16(21)13-22-9-10-24-15(12-22)17(23)20-6-4-14-3-2-5-18-11-14/h2-3,5,7-8,11,15H,4,6,9-10,12-13H2,1H3,(H,20,23)/t15-/m0/s1. The summed E-state index contributed by atoms with van der Waals surface area (Å²) in [4.78, 5) is 22.9. The quantitative estimate of drug-likeness (QED) is 0.829. The molecule has 0 radical (unpaired) electrons. The molecule has 0 spiro atoms. The highest BCUT2D eigenvalue weighted by molar-refractivity contribution is 5.81. The number of pyridine rings is 1. The second-order valence-corrected chi connectivity index (χ2v) is 5.95. The topological polar surface area (TPSA) is 72.3 Å². The number of ether oxygens (including phenoxy) is 1. The monoisotopic (exact) mass is 329 g/mol. The van der Waals surface area contributed by atoms with Crippen LogP contribution in [0.15, 0.2) is 36.9 Å². The summed E-state index contributed by atoms with van der Waals surface area (Å²) in [6.45, 7) is 3.28. The van der Waals surface area contributed by atoms with Crippen LogP contribution in [-0.2, 0) is 29.5 Å². The van der Waals surface area contributed by atoms with Gasteiger partial charge in [0.05, 0.1) is 13.2 Å². The summed E-state index contributed by atoms with van der Waals surface area (Å²) < 4.78 is 7.63. The van der Waals surface area contributed by atoms with E-state index in [4.69, 9.17) is 4.74 Å². The van der Waals surface area contributed by atoms with E-state index in [2.05, 4.69) is 20.2 Å². The normalized spacial score (nSPS) is 18.5. The summed E-state index contributed by atoms with van der Waals surface area (Å²) in [5, 5.41) is 2.95. The molecule has 0 unspecified atom stereocenters. The summed E-state index contributed by atoms with van der Waals surface area (Å²) >= 11 is 0. The minimum Gasteiger partial charge on any atom is -0.366 e. The molecule has 3 rings (SSSR count). The molecule has 1 atom stereocenters. The Morgan fingerprint density at radius 2 is 2.38 bits per heavy atom. The SMILES string of the molecule is Cn1ccnc1CN1CCO[C@H](C(=O)NCCc2cccnc2)C1. The molecule has 0 bridgehead atoms. The van der Waals surface area contributed by atoms with Gasteiger partial charge in [-0.1, -0.05) is 6.07 Å². The van der Waals surface area contributed by atoms with Crippen LogP contribution < -0.4 is 5.32 Å². The van der Waals surface area contributed by atoms with Gasteiger partial charge in [0.15, 0.2) is 0 Å². The molecule has 24 heavy (non-hydrogen) atoms. The molecule has 1 aliphatic heterocycles. The molecule has 1 fully saturated rings. The number of amides is 1. The maximum atomic E-state index is 12.3. The highest BCUT2D eigenvalue weighted by atomic mass is 16.5. The number of carbonyl (C=O) groups excluding carboxylic acids is 1. The van der Waals surface area contributed by atoms with Crippen LogP contribution in [0.25, 0.3) is 0 Å². The van der Waals surface area contributed by atoms with E-state index in [0.717, 1.165) is 30.9 Å². The van der Waals surface area contributed by atoms with Crippen molar-refractivity contribution in [3.8, 4) is 0 Å². The van der Waals surface area contributed by atoms with E-state index >= 15 is 0 Å². The molecular weight excluding hydrogens is 306 g/mol. The molecule has 128 valence electrons. The molecule has 1 amide bonds. The number of hydrogen-bond donors (Lipinski definition) is 1. The van der Waals surface area contributed by atoms with Gasteiger partial charge >= 0.3 is 0 Å². The zero-order valence-corrected chi connectivity index (χ0v) is 13.9. The molecule has 1 saturated heterocycles. The van der Waals surface area contributed by atoms with Crippen LogP contribution in [0.2, 0.25) is 0 Å². The molecule has 2 aromatic rings. The highest BCUT2D eigenvalue weighted by Gasteiger charge is 2.26. The Labute approximate surface area is 141 Å². The number of aryl methyl sites for hydroxylation is 1. The molecule has 2 aromatic heterocycles. The van der Waals surface area contributed by atoms with Crippen LogP contribution in [0.1, 0.15) is 11.4 Å². The molecule has 1 N–H and O–H groups in total. The molecule has 7 nitrogen and oxygen atoms in total. The molecule has 1 aliphatic rings. The van der Waals surface area contributed by atoms with Crippen LogP contribution in [0.5, 0.6) is 0 Å². The summed E-state index contributed by atoms with van der Waals surface area (Å²) in [7, 11) is 1.98. The lowest BCUT2D eigenvalue weighted by Gasteiger charge is -2.31. The second kappa shape index (κ2) is 8.03. The average Bonchev–Trinajstić information content (AvgIpc) is 3.01. The largest absolute Gasteiger partial charge is 0.366 e. The van der Waals surface area contributed by atoms with E-state index in [-0.39, 0.29) is 5.91 Å². The number of rotatable bonds is 6. The Morgan fingerprint density at radius 3 is 3.12 bits per heavy atom. The minimum atomic E-state index is -0.423. The van der Waals surface area contributed by atoms with E-state index < -0.39 is 6.10 Å². The summed E-state index contributed by atoms with van der Waals surface area (Å²) in [6.07, 6.45) is 7.62. The van der Waals surface area contributed by atoms with Crippen LogP contribution in [0.3, 0.4) is 0 Å². The predicted octanol–water partition coefficient (Wildman–Crippen LogP) is 0.375. The second-order valence-electron chi connectivity index (χ2n) is 5.95. The lowest BCUT2D eigenvalue weighted by Crippen LogP contribution is -2.49. The molecule has 0 aliphatic carbocycles. The minimum absolute atomic E-state index is 0.0524. The van der Waals surface area contributed by atoms with Crippen LogP contribution in [0.4, 0.5) is 0 Å². The van der Waals surface area contributed by atoms with Crippen molar-refractivity contribution in [3.63, 3.8) is 0 Å². The number of hydrogen-bond acceptors (Lipinski definition) is 5. The van der Waals surface area contributed by atoms with Gasteiger partial charge in [0.25, 0.3) is 0 Å². The number of imidazole rings is 1. The fourth-order valence-corrected chi connectivity index (χ4v) is 2.74. The molecule has 3 heterocycles. The zero-order chi connectivity index (χ0) is 16.8. The fourth-order valence-electron chi connectivity index (χ4n) is 2.74. The van der Waals surface area contributed by atoms with E-state index in [1.807, 2.05) is 36.1 Å². The molecular formula is C17H23N5O2. The van der Waals surface area contributed by atoms with Crippen molar-refractivity contribution in [2.45, 2.75) is 19.1 Å². The van der Waals surface area contributed by atoms with Crippen molar-refractivity contribution in [1.29, 1.82) is 0 Å². The number of carbonyl (C=O) groups is 1. The van der Waals surface area contributed by atoms with Gasteiger partial charge in [-0.15, -0.1) is 0 Å². The van der Waals surface area contributed by atoms with Crippen molar-refractivity contribution >= 4 is 5.91 Å². The van der Waals surface area contributed by atoms with Gasteiger partial charge in [-0.3, -0.25) is 14.7 Å². The van der Waals surface area contributed by atoms with Gasteiger partial charge in [0, 0.05) is 51.5 Å². The van der Waals surface area contributed by atoms with Crippen molar-refractivity contribution in [1.82, 2.24) is 24.8 Å². The van der Waals surface area contributed by atoms with Crippen molar-refractivity contribution in [2.24, 2.45) is 7.05 Å². The third-order valence-electron chi connectivity index (χ3n) is 4.16. The summed E-state index contributed by atoms with van der Waals surface area (Å²) in [5.74, 6) is 0.941. The van der Waals surface area contributed by atoms with Crippen molar-refractivity contribution < 1.29 is 9.53 Å². The first-order valence-corrected chi connectivity index (χ1v) is 8.19. The smallest absolute Gasteiger partial charge is 0.250 e. The van der Waals surface area contributed by atoms with Gasteiger partial charge in [-0.25, -0.2) is 4.98 Å². The van der Waals surface area contributed by atoms with Gasteiger partial charge in [-0.05, 0) is 18.1 Å². The van der Waals surface area contributed by atoms with E-state index in [1.54, 1.807) is 12.4 Å². The Balaban J connectivity index is 1.45. The first-order chi connectivity index (χ1) is 11.7. The third kappa shape index (κ3) is 4.39. The first-order valence-electron chi connectivity index (χ1n) is 8.19. The van der Waals surface area contributed by atoms with Crippen LogP contribution >= 0.6 is 0 Å². The van der Waals surface area contributed by atoms with E-state index in [0.29, 0.717) is 19.7 Å². The summed E-state index contributed by atoms with van der Waals surface area (Å²) in [6, 6.07) is 3.90. The Bertz CT molecular complexity index is 658. The van der Waals surface area contributed by atoms with Gasteiger partial charge < -0.3 is 14.6 Å². The average molecular weight is 329 g/mol. The van der Waals surface area contributed by atoms with Crippen molar-refractivity contribution in [3.05, 3.63) is 48.3 Å². The maximum Gasteiger partial charge on any atom is 0.250 e.